The van der Waals surface area contributed by atoms with E-state index in [0.29, 0.717) is 11.4 Å². The molecule has 0 fully saturated rings. The third-order valence-electron chi connectivity index (χ3n) is 3.27. The van der Waals surface area contributed by atoms with Crippen molar-refractivity contribution in [2.75, 3.05) is 13.7 Å². The van der Waals surface area contributed by atoms with Crippen LogP contribution in [-0.2, 0) is 6.42 Å². The lowest BCUT2D eigenvalue weighted by Gasteiger charge is -2.18. The Balaban J connectivity index is 2.31. The highest BCUT2D eigenvalue weighted by molar-refractivity contribution is 9.10. The molecule has 0 saturated carbocycles. The van der Waals surface area contributed by atoms with E-state index in [4.69, 9.17) is 16.3 Å². The van der Waals surface area contributed by atoms with Crippen LogP contribution in [0.2, 0.25) is 5.02 Å². The second-order valence-corrected chi connectivity index (χ2v) is 5.85. The number of hydrogen-bond acceptors (Lipinski definition) is 2. The Morgan fingerprint density at radius 3 is 2.65 bits per heavy atom. The van der Waals surface area contributed by atoms with Crippen LogP contribution in [0.25, 0.3) is 0 Å². The summed E-state index contributed by atoms with van der Waals surface area (Å²) in [6.45, 7) is 0.0677. The molecule has 0 heterocycles. The topological polar surface area (TPSA) is 29.5 Å². The maximum absolute atomic E-state index is 9.70. The highest BCUT2D eigenvalue weighted by atomic mass is 79.9. The van der Waals surface area contributed by atoms with Crippen LogP contribution in [0.1, 0.15) is 17.0 Å². The summed E-state index contributed by atoms with van der Waals surface area (Å²) >= 11 is 9.58. The predicted molar refractivity (Wildman–Crippen MR) is 85.7 cm³/mol. The molecule has 106 valence electrons. The molecule has 0 aliphatic heterocycles. The van der Waals surface area contributed by atoms with Gasteiger partial charge in [-0.1, -0.05) is 45.7 Å². The van der Waals surface area contributed by atoms with Gasteiger partial charge in [0.15, 0.2) is 0 Å². The lowest BCUT2D eigenvalue weighted by molar-refractivity contribution is 0.263. The van der Waals surface area contributed by atoms with Crippen LogP contribution in [-0.4, -0.2) is 18.8 Å². The Morgan fingerprint density at radius 1 is 1.25 bits per heavy atom. The first kappa shape index (κ1) is 15.4. The zero-order valence-electron chi connectivity index (χ0n) is 11.1. The number of hydrogen-bond donors (Lipinski definition) is 1. The van der Waals surface area contributed by atoms with E-state index in [1.165, 1.54) is 0 Å². The Morgan fingerprint density at radius 2 is 2.00 bits per heavy atom. The summed E-state index contributed by atoms with van der Waals surface area (Å²) in [7, 11) is 1.64. The third kappa shape index (κ3) is 3.54. The summed E-state index contributed by atoms with van der Waals surface area (Å²) in [6, 6.07) is 13.5. The molecule has 0 aromatic heterocycles. The number of methoxy groups -OCH3 is 1. The summed E-state index contributed by atoms with van der Waals surface area (Å²) in [5.41, 5.74) is 2.08. The third-order valence-corrected chi connectivity index (χ3v) is 4.23. The van der Waals surface area contributed by atoms with Gasteiger partial charge >= 0.3 is 0 Å². The molecule has 2 aromatic rings. The van der Waals surface area contributed by atoms with Crippen molar-refractivity contribution in [1.82, 2.24) is 0 Å². The van der Waals surface area contributed by atoms with Gasteiger partial charge in [-0.15, -0.1) is 0 Å². The van der Waals surface area contributed by atoms with Gasteiger partial charge in [-0.25, -0.2) is 0 Å². The summed E-state index contributed by atoms with van der Waals surface area (Å²) in [4.78, 5) is 0. The molecule has 4 heteroatoms. The SMILES string of the molecule is COc1ccc(Cl)cc1CC(CO)c1ccccc1Br. The van der Waals surface area contributed by atoms with Gasteiger partial charge in [0.1, 0.15) is 5.75 Å². The monoisotopic (exact) mass is 354 g/mol. The minimum Gasteiger partial charge on any atom is -0.496 e. The van der Waals surface area contributed by atoms with Crippen LogP contribution in [0.4, 0.5) is 0 Å². The molecule has 20 heavy (non-hydrogen) atoms. The maximum Gasteiger partial charge on any atom is 0.122 e. The lowest BCUT2D eigenvalue weighted by Crippen LogP contribution is -2.09. The quantitative estimate of drug-likeness (QED) is 0.860. The number of benzene rings is 2. The molecule has 1 atom stereocenters. The molecule has 0 saturated heterocycles. The number of halogens is 2. The van der Waals surface area contributed by atoms with Crippen molar-refractivity contribution in [1.29, 1.82) is 0 Å². The lowest BCUT2D eigenvalue weighted by atomic mass is 9.92. The molecule has 0 bridgehead atoms. The molecule has 1 unspecified atom stereocenters. The average molecular weight is 356 g/mol. The Labute approximate surface area is 132 Å². The van der Waals surface area contributed by atoms with E-state index in [9.17, 15) is 5.11 Å². The number of aliphatic hydroxyl groups is 1. The summed E-state index contributed by atoms with van der Waals surface area (Å²) < 4.78 is 6.36. The van der Waals surface area contributed by atoms with Crippen LogP contribution in [0.3, 0.4) is 0 Å². The minimum atomic E-state index is -0.00191. The van der Waals surface area contributed by atoms with Gasteiger partial charge in [0, 0.05) is 15.4 Å². The van der Waals surface area contributed by atoms with Gasteiger partial charge in [-0.3, -0.25) is 0 Å². The van der Waals surface area contributed by atoms with Gasteiger partial charge in [-0.05, 0) is 41.8 Å². The summed E-state index contributed by atoms with van der Waals surface area (Å²) in [5, 5.41) is 10.4. The Hall–Kier alpha value is -1.03. The number of ether oxygens (including phenoxy) is 1. The van der Waals surface area contributed by atoms with Crippen molar-refractivity contribution in [2.24, 2.45) is 0 Å². The Kier molecular flexibility index (Phi) is 5.46. The van der Waals surface area contributed by atoms with Crippen LogP contribution >= 0.6 is 27.5 Å². The van der Waals surface area contributed by atoms with Crippen molar-refractivity contribution in [2.45, 2.75) is 12.3 Å². The number of aliphatic hydroxyl groups excluding tert-OH is 1. The van der Waals surface area contributed by atoms with Crippen LogP contribution < -0.4 is 4.74 Å². The van der Waals surface area contributed by atoms with Crippen molar-refractivity contribution in [3.8, 4) is 5.75 Å². The molecule has 0 spiro atoms. The molecular formula is C16H16BrClO2. The first-order valence-electron chi connectivity index (χ1n) is 6.33. The molecule has 1 N–H and O–H groups in total. The van der Waals surface area contributed by atoms with E-state index in [2.05, 4.69) is 15.9 Å². The zero-order chi connectivity index (χ0) is 14.5. The fraction of sp³-hybridized carbons (Fsp3) is 0.250. The summed E-state index contributed by atoms with van der Waals surface area (Å²) in [5.74, 6) is 0.790. The van der Waals surface area contributed by atoms with Gasteiger partial charge in [-0.2, -0.15) is 0 Å². The van der Waals surface area contributed by atoms with Crippen molar-refractivity contribution in [3.63, 3.8) is 0 Å². The molecule has 0 amide bonds. The normalized spacial score (nSPS) is 12.2. The standard InChI is InChI=1S/C16H16BrClO2/c1-20-16-7-6-13(18)9-11(16)8-12(10-19)14-4-2-3-5-15(14)17/h2-7,9,12,19H,8,10H2,1H3. The van der Waals surface area contributed by atoms with Gasteiger partial charge in [0.2, 0.25) is 0 Å². The molecule has 2 aromatic carbocycles. The van der Waals surface area contributed by atoms with Crippen molar-refractivity contribution >= 4 is 27.5 Å². The largest absolute Gasteiger partial charge is 0.496 e. The van der Waals surface area contributed by atoms with Crippen LogP contribution in [0, 0.1) is 0 Å². The van der Waals surface area contributed by atoms with Crippen molar-refractivity contribution in [3.05, 3.63) is 63.1 Å². The molecule has 2 nitrogen and oxygen atoms in total. The molecular weight excluding hydrogens is 340 g/mol. The summed E-state index contributed by atoms with van der Waals surface area (Å²) in [6.07, 6.45) is 0.669. The van der Waals surface area contributed by atoms with Gasteiger partial charge < -0.3 is 9.84 Å². The second kappa shape index (κ2) is 7.11. The second-order valence-electron chi connectivity index (χ2n) is 4.56. The molecule has 2 rings (SSSR count). The predicted octanol–water partition coefficient (Wildman–Crippen LogP) is 4.43. The molecule has 0 aliphatic carbocycles. The first-order valence-corrected chi connectivity index (χ1v) is 7.50. The van der Waals surface area contributed by atoms with Crippen LogP contribution in [0.5, 0.6) is 5.75 Å². The van der Waals surface area contributed by atoms with Crippen molar-refractivity contribution < 1.29 is 9.84 Å². The van der Waals surface area contributed by atoms with Gasteiger partial charge in [0.05, 0.1) is 13.7 Å². The van der Waals surface area contributed by atoms with E-state index >= 15 is 0 Å². The highest BCUT2D eigenvalue weighted by Gasteiger charge is 2.16. The fourth-order valence-electron chi connectivity index (χ4n) is 2.25. The fourth-order valence-corrected chi connectivity index (χ4v) is 3.05. The smallest absolute Gasteiger partial charge is 0.122 e. The van der Waals surface area contributed by atoms with E-state index in [-0.39, 0.29) is 12.5 Å². The minimum absolute atomic E-state index is 0.00191. The highest BCUT2D eigenvalue weighted by Crippen LogP contribution is 2.31. The van der Waals surface area contributed by atoms with Gasteiger partial charge in [0.25, 0.3) is 0 Å². The average Bonchev–Trinajstić information content (AvgIpc) is 2.46. The zero-order valence-corrected chi connectivity index (χ0v) is 13.5. The van der Waals surface area contributed by atoms with E-state index in [1.807, 2.05) is 36.4 Å². The van der Waals surface area contributed by atoms with E-state index in [0.717, 1.165) is 21.3 Å². The van der Waals surface area contributed by atoms with Crippen LogP contribution in [0.15, 0.2) is 46.9 Å². The molecule has 0 aliphatic rings. The van der Waals surface area contributed by atoms with E-state index in [1.54, 1.807) is 13.2 Å². The molecule has 0 radical (unpaired) electrons. The van der Waals surface area contributed by atoms with E-state index < -0.39 is 0 Å². The Bertz CT molecular complexity index is 586. The maximum atomic E-state index is 9.70. The first-order chi connectivity index (χ1) is 9.65. The number of rotatable bonds is 5.